The van der Waals surface area contributed by atoms with Crippen LogP contribution in [0.1, 0.15) is 24.4 Å². The summed E-state index contributed by atoms with van der Waals surface area (Å²) in [5, 5.41) is 0. The minimum absolute atomic E-state index is 0.163. The number of ether oxygens (including phenoxy) is 3. The van der Waals surface area contributed by atoms with E-state index in [-0.39, 0.29) is 6.04 Å². The summed E-state index contributed by atoms with van der Waals surface area (Å²) >= 11 is 0. The molecule has 0 aliphatic rings. The molecule has 4 N–H and O–H groups in total. The van der Waals surface area contributed by atoms with E-state index in [1.54, 1.807) is 33.5 Å². The van der Waals surface area contributed by atoms with Crippen LogP contribution in [-0.4, -0.2) is 27.9 Å². The predicted molar refractivity (Wildman–Crippen MR) is 71.3 cm³/mol. The van der Waals surface area contributed by atoms with Gasteiger partial charge in [-0.1, -0.05) is 0 Å². The summed E-state index contributed by atoms with van der Waals surface area (Å²) in [6.45, 7) is 0.620. The van der Waals surface area contributed by atoms with Crippen LogP contribution < -0.4 is 25.7 Å². The standard InChI is InChI=1S/C13H22N2O3/c1-16-9-7-11(17-2)13(12(8-9)18-3)10(15)5-4-6-14/h7-8,10H,4-6,14-15H2,1-3H3/t10-/m0/s1. The van der Waals surface area contributed by atoms with Gasteiger partial charge in [0.25, 0.3) is 0 Å². The van der Waals surface area contributed by atoms with Crippen LogP contribution in [-0.2, 0) is 0 Å². The van der Waals surface area contributed by atoms with Crippen molar-refractivity contribution in [2.24, 2.45) is 11.5 Å². The molecule has 0 fully saturated rings. The van der Waals surface area contributed by atoms with Crippen LogP contribution in [0.2, 0.25) is 0 Å². The van der Waals surface area contributed by atoms with Gasteiger partial charge in [-0.05, 0) is 19.4 Å². The lowest BCUT2D eigenvalue weighted by atomic mass is 10.0. The molecule has 102 valence electrons. The maximum atomic E-state index is 6.17. The van der Waals surface area contributed by atoms with Gasteiger partial charge >= 0.3 is 0 Å². The molecule has 18 heavy (non-hydrogen) atoms. The lowest BCUT2D eigenvalue weighted by Gasteiger charge is -2.19. The molecular formula is C13H22N2O3. The number of hydrogen-bond acceptors (Lipinski definition) is 5. The van der Waals surface area contributed by atoms with Crippen LogP contribution in [0.4, 0.5) is 0 Å². The molecule has 0 bridgehead atoms. The Morgan fingerprint density at radius 3 is 2.00 bits per heavy atom. The predicted octanol–water partition coefficient (Wildman–Crippen LogP) is 1.45. The van der Waals surface area contributed by atoms with Gasteiger partial charge in [-0.3, -0.25) is 0 Å². The third kappa shape index (κ3) is 3.27. The van der Waals surface area contributed by atoms with E-state index in [2.05, 4.69) is 0 Å². The van der Waals surface area contributed by atoms with Crippen LogP contribution in [0.15, 0.2) is 12.1 Å². The molecular weight excluding hydrogens is 232 g/mol. The molecule has 1 aromatic rings. The largest absolute Gasteiger partial charge is 0.496 e. The van der Waals surface area contributed by atoms with Crippen molar-refractivity contribution in [1.29, 1.82) is 0 Å². The summed E-state index contributed by atoms with van der Waals surface area (Å²) in [7, 11) is 4.81. The van der Waals surface area contributed by atoms with E-state index in [0.29, 0.717) is 23.8 Å². The Kier molecular flexibility index (Phi) is 5.74. The van der Waals surface area contributed by atoms with E-state index in [0.717, 1.165) is 18.4 Å². The summed E-state index contributed by atoms with van der Waals surface area (Å²) in [5.41, 5.74) is 12.5. The second kappa shape index (κ2) is 7.08. The maximum absolute atomic E-state index is 6.17. The number of benzene rings is 1. The lowest BCUT2D eigenvalue weighted by molar-refractivity contribution is 0.362. The molecule has 5 nitrogen and oxygen atoms in total. The third-order valence-corrected chi connectivity index (χ3v) is 2.84. The first-order valence-electron chi connectivity index (χ1n) is 5.93. The topological polar surface area (TPSA) is 79.7 Å². The maximum Gasteiger partial charge on any atom is 0.131 e. The van der Waals surface area contributed by atoms with Gasteiger partial charge < -0.3 is 25.7 Å². The van der Waals surface area contributed by atoms with E-state index in [1.807, 2.05) is 0 Å². The van der Waals surface area contributed by atoms with E-state index in [4.69, 9.17) is 25.7 Å². The van der Waals surface area contributed by atoms with Gasteiger partial charge in [-0.2, -0.15) is 0 Å². The van der Waals surface area contributed by atoms with Crippen LogP contribution in [0.5, 0.6) is 17.2 Å². The van der Waals surface area contributed by atoms with E-state index < -0.39 is 0 Å². The summed E-state index contributed by atoms with van der Waals surface area (Å²) in [5.74, 6) is 2.03. The molecule has 0 aromatic heterocycles. The fourth-order valence-corrected chi connectivity index (χ4v) is 1.88. The van der Waals surface area contributed by atoms with Crippen LogP contribution >= 0.6 is 0 Å². The highest BCUT2D eigenvalue weighted by Crippen LogP contribution is 2.38. The fraction of sp³-hybridized carbons (Fsp3) is 0.538. The van der Waals surface area contributed by atoms with Gasteiger partial charge in [0.1, 0.15) is 17.2 Å². The molecule has 0 heterocycles. The second-order valence-corrected chi connectivity index (χ2v) is 3.98. The van der Waals surface area contributed by atoms with Crippen molar-refractivity contribution in [3.8, 4) is 17.2 Å². The first kappa shape index (κ1) is 14.6. The van der Waals surface area contributed by atoms with E-state index in [1.165, 1.54) is 0 Å². The molecule has 1 aromatic carbocycles. The highest BCUT2D eigenvalue weighted by Gasteiger charge is 2.19. The molecule has 0 aliphatic carbocycles. The Morgan fingerprint density at radius 1 is 1.06 bits per heavy atom. The SMILES string of the molecule is COc1cc(OC)c([C@@H](N)CCCN)c(OC)c1. The van der Waals surface area contributed by atoms with Crippen LogP contribution in [0.25, 0.3) is 0 Å². The first-order chi connectivity index (χ1) is 8.67. The molecule has 0 radical (unpaired) electrons. The molecule has 1 atom stereocenters. The molecule has 5 heteroatoms. The normalized spacial score (nSPS) is 12.1. The van der Waals surface area contributed by atoms with Crippen molar-refractivity contribution in [3.63, 3.8) is 0 Å². The molecule has 0 saturated carbocycles. The number of nitrogens with two attached hydrogens (primary N) is 2. The van der Waals surface area contributed by atoms with Gasteiger partial charge in [-0.25, -0.2) is 0 Å². The first-order valence-corrected chi connectivity index (χ1v) is 5.93. The minimum Gasteiger partial charge on any atom is -0.496 e. The molecule has 0 unspecified atom stereocenters. The Bertz CT molecular complexity index is 357. The molecule has 1 rings (SSSR count). The van der Waals surface area contributed by atoms with Gasteiger partial charge in [-0.15, -0.1) is 0 Å². The van der Waals surface area contributed by atoms with Crippen molar-refractivity contribution in [2.75, 3.05) is 27.9 Å². The lowest BCUT2D eigenvalue weighted by Crippen LogP contribution is -2.15. The van der Waals surface area contributed by atoms with Crippen molar-refractivity contribution in [3.05, 3.63) is 17.7 Å². The van der Waals surface area contributed by atoms with Gasteiger partial charge in [0.2, 0.25) is 0 Å². The summed E-state index contributed by atoms with van der Waals surface area (Å²) < 4.78 is 15.9. The van der Waals surface area contributed by atoms with Crippen molar-refractivity contribution in [2.45, 2.75) is 18.9 Å². The molecule has 0 saturated heterocycles. The van der Waals surface area contributed by atoms with E-state index >= 15 is 0 Å². The van der Waals surface area contributed by atoms with Gasteiger partial charge in [0.15, 0.2) is 0 Å². The van der Waals surface area contributed by atoms with Crippen molar-refractivity contribution < 1.29 is 14.2 Å². The molecule has 0 aliphatic heterocycles. The van der Waals surface area contributed by atoms with Crippen LogP contribution in [0, 0.1) is 0 Å². The minimum atomic E-state index is -0.163. The second-order valence-electron chi connectivity index (χ2n) is 3.98. The highest BCUT2D eigenvalue weighted by atomic mass is 16.5. The Balaban J connectivity index is 3.13. The monoisotopic (exact) mass is 254 g/mol. The van der Waals surface area contributed by atoms with Gasteiger partial charge in [0.05, 0.1) is 26.9 Å². The highest BCUT2D eigenvalue weighted by molar-refractivity contribution is 5.52. The quantitative estimate of drug-likeness (QED) is 0.770. The number of rotatable bonds is 7. The summed E-state index contributed by atoms with van der Waals surface area (Å²) in [6, 6.07) is 3.45. The fourth-order valence-electron chi connectivity index (χ4n) is 1.88. The van der Waals surface area contributed by atoms with Crippen molar-refractivity contribution in [1.82, 2.24) is 0 Å². The van der Waals surface area contributed by atoms with Gasteiger partial charge in [0, 0.05) is 18.2 Å². The Hall–Kier alpha value is -1.46. The number of methoxy groups -OCH3 is 3. The summed E-state index contributed by atoms with van der Waals surface area (Å²) in [6.07, 6.45) is 1.65. The average molecular weight is 254 g/mol. The third-order valence-electron chi connectivity index (χ3n) is 2.84. The smallest absolute Gasteiger partial charge is 0.131 e. The molecule has 0 amide bonds. The average Bonchev–Trinajstić information content (AvgIpc) is 2.42. The summed E-state index contributed by atoms with van der Waals surface area (Å²) in [4.78, 5) is 0. The zero-order valence-corrected chi connectivity index (χ0v) is 11.2. The van der Waals surface area contributed by atoms with Crippen molar-refractivity contribution >= 4 is 0 Å². The Labute approximate surface area is 108 Å². The Morgan fingerprint density at radius 2 is 1.61 bits per heavy atom. The van der Waals surface area contributed by atoms with Crippen LogP contribution in [0.3, 0.4) is 0 Å². The molecule has 0 spiro atoms. The zero-order chi connectivity index (χ0) is 13.5. The van der Waals surface area contributed by atoms with E-state index in [9.17, 15) is 0 Å². The zero-order valence-electron chi connectivity index (χ0n) is 11.2. The number of hydrogen-bond donors (Lipinski definition) is 2.